The molecular weight excluding hydrogens is 176 g/mol. The fraction of sp³-hybridized carbons (Fsp3) is 0.583. The zero-order valence-corrected chi connectivity index (χ0v) is 9.17. The lowest BCUT2D eigenvalue weighted by molar-refractivity contribution is -0.135. The second-order valence-corrected chi connectivity index (χ2v) is 3.99. The van der Waals surface area contributed by atoms with Crippen molar-refractivity contribution in [3.63, 3.8) is 0 Å². The van der Waals surface area contributed by atoms with Crippen molar-refractivity contribution < 1.29 is 9.53 Å². The monoisotopic (exact) mass is 194 g/mol. The maximum absolute atomic E-state index is 10.6. The number of hydrogen-bond donors (Lipinski definition) is 0. The number of allylic oxidation sites excluding steroid dienone is 3. The highest BCUT2D eigenvalue weighted by Gasteiger charge is 2.14. The van der Waals surface area contributed by atoms with Crippen molar-refractivity contribution in [3.05, 3.63) is 23.5 Å². The number of carbonyl (C=O) groups is 1. The van der Waals surface area contributed by atoms with Crippen molar-refractivity contribution in [2.75, 3.05) is 0 Å². The highest BCUT2D eigenvalue weighted by Crippen LogP contribution is 2.28. The summed E-state index contributed by atoms with van der Waals surface area (Å²) in [5.74, 6) is 0.310. The summed E-state index contributed by atoms with van der Waals surface area (Å²) >= 11 is 0. The van der Waals surface area contributed by atoms with Crippen LogP contribution in [0.15, 0.2) is 23.5 Å². The zero-order chi connectivity index (χ0) is 10.6. The third kappa shape index (κ3) is 3.36. The van der Waals surface area contributed by atoms with Crippen molar-refractivity contribution in [1.29, 1.82) is 0 Å². The third-order valence-electron chi connectivity index (χ3n) is 2.69. The summed E-state index contributed by atoms with van der Waals surface area (Å²) in [5, 5.41) is 0. The Hall–Kier alpha value is -1.05. The molecule has 1 aliphatic rings. The highest BCUT2D eigenvalue weighted by atomic mass is 16.5. The van der Waals surface area contributed by atoms with Gasteiger partial charge in [0.1, 0.15) is 0 Å². The molecule has 1 unspecified atom stereocenters. The molecule has 1 rings (SSSR count). The molecule has 1 aliphatic carbocycles. The Morgan fingerprint density at radius 3 is 2.79 bits per heavy atom. The summed E-state index contributed by atoms with van der Waals surface area (Å²) in [5.41, 5.74) is 2.64. The first-order valence-electron chi connectivity index (χ1n) is 5.09. The van der Waals surface area contributed by atoms with Crippen molar-refractivity contribution in [2.24, 2.45) is 5.92 Å². The van der Waals surface area contributed by atoms with Crippen LogP contribution in [0.4, 0.5) is 0 Å². The maximum Gasteiger partial charge on any atom is 0.307 e. The van der Waals surface area contributed by atoms with Crippen LogP contribution in [0.5, 0.6) is 0 Å². The first-order chi connectivity index (χ1) is 6.59. The van der Waals surface area contributed by atoms with Crippen molar-refractivity contribution in [2.45, 2.75) is 40.0 Å². The summed E-state index contributed by atoms with van der Waals surface area (Å²) in [6.45, 7) is 5.62. The van der Waals surface area contributed by atoms with Gasteiger partial charge in [-0.2, -0.15) is 0 Å². The molecule has 0 aromatic carbocycles. The number of esters is 1. The minimum Gasteiger partial charge on any atom is -0.435 e. The molecule has 0 bridgehead atoms. The summed E-state index contributed by atoms with van der Waals surface area (Å²) in [6, 6.07) is 0. The SMILES string of the molecule is CC(=O)OC=C(C)C1CC=C(C)CC1. The number of carbonyl (C=O) groups excluding carboxylic acids is 1. The fourth-order valence-corrected chi connectivity index (χ4v) is 1.65. The Bertz CT molecular complexity index is 274. The molecule has 78 valence electrons. The van der Waals surface area contributed by atoms with Gasteiger partial charge in [0.25, 0.3) is 0 Å². The molecular formula is C12H18O2. The lowest BCUT2D eigenvalue weighted by Gasteiger charge is -2.20. The lowest BCUT2D eigenvalue weighted by Crippen LogP contribution is -2.07. The van der Waals surface area contributed by atoms with E-state index in [1.807, 2.05) is 6.92 Å². The molecule has 0 aliphatic heterocycles. The maximum atomic E-state index is 10.6. The first-order valence-corrected chi connectivity index (χ1v) is 5.09. The number of rotatable bonds is 2. The minimum atomic E-state index is -0.244. The molecule has 14 heavy (non-hydrogen) atoms. The molecule has 0 saturated heterocycles. The number of ether oxygens (including phenoxy) is 1. The van der Waals surface area contributed by atoms with Crippen LogP contribution in [0.1, 0.15) is 40.0 Å². The second-order valence-electron chi connectivity index (χ2n) is 3.99. The fourth-order valence-electron chi connectivity index (χ4n) is 1.65. The molecule has 2 nitrogen and oxygen atoms in total. The van der Waals surface area contributed by atoms with E-state index in [-0.39, 0.29) is 5.97 Å². The standard InChI is InChI=1S/C12H18O2/c1-9-4-6-12(7-5-9)10(2)8-14-11(3)13/h4,8,12H,5-7H2,1-3H3. The quantitative estimate of drug-likeness (QED) is 0.383. The Labute approximate surface area is 85.6 Å². The average molecular weight is 194 g/mol. The van der Waals surface area contributed by atoms with Crippen LogP contribution in [0.3, 0.4) is 0 Å². The molecule has 1 atom stereocenters. The zero-order valence-electron chi connectivity index (χ0n) is 9.17. The van der Waals surface area contributed by atoms with Crippen LogP contribution in [-0.2, 0) is 9.53 Å². The van der Waals surface area contributed by atoms with Gasteiger partial charge in [-0.1, -0.05) is 11.6 Å². The van der Waals surface area contributed by atoms with Crippen LogP contribution in [-0.4, -0.2) is 5.97 Å². The summed E-state index contributed by atoms with van der Waals surface area (Å²) in [6.07, 6.45) is 7.29. The van der Waals surface area contributed by atoms with Crippen molar-refractivity contribution in [3.8, 4) is 0 Å². The molecule has 0 radical (unpaired) electrons. The Kier molecular flexibility index (Phi) is 3.93. The molecule has 0 aromatic rings. The van der Waals surface area contributed by atoms with Gasteiger partial charge in [0.05, 0.1) is 6.26 Å². The van der Waals surface area contributed by atoms with Gasteiger partial charge in [0.2, 0.25) is 0 Å². The van der Waals surface area contributed by atoms with E-state index in [1.165, 1.54) is 24.5 Å². The first kappa shape index (κ1) is 11.0. The van der Waals surface area contributed by atoms with E-state index >= 15 is 0 Å². The van der Waals surface area contributed by atoms with E-state index in [9.17, 15) is 4.79 Å². The van der Waals surface area contributed by atoms with Crippen LogP contribution in [0.25, 0.3) is 0 Å². The van der Waals surface area contributed by atoms with Crippen LogP contribution in [0, 0.1) is 5.92 Å². The largest absolute Gasteiger partial charge is 0.435 e. The van der Waals surface area contributed by atoms with E-state index in [0.717, 1.165) is 12.8 Å². The van der Waals surface area contributed by atoms with Gasteiger partial charge >= 0.3 is 5.97 Å². The molecule has 2 heteroatoms. The number of hydrogen-bond acceptors (Lipinski definition) is 2. The molecule has 0 aromatic heterocycles. The van der Waals surface area contributed by atoms with Gasteiger partial charge < -0.3 is 4.74 Å². The van der Waals surface area contributed by atoms with Gasteiger partial charge in [-0.15, -0.1) is 0 Å². The highest BCUT2D eigenvalue weighted by molar-refractivity contribution is 5.66. The summed E-state index contributed by atoms with van der Waals surface area (Å²) < 4.78 is 4.86. The molecule has 0 saturated carbocycles. The van der Waals surface area contributed by atoms with E-state index in [0.29, 0.717) is 5.92 Å². The normalized spacial score (nSPS) is 22.9. The van der Waals surface area contributed by atoms with Crippen LogP contribution in [0.2, 0.25) is 0 Å². The van der Waals surface area contributed by atoms with Crippen molar-refractivity contribution in [1.82, 2.24) is 0 Å². The summed E-state index contributed by atoms with van der Waals surface area (Å²) in [4.78, 5) is 10.6. The average Bonchev–Trinajstić information content (AvgIpc) is 2.15. The van der Waals surface area contributed by atoms with E-state index < -0.39 is 0 Å². The van der Waals surface area contributed by atoms with Gasteiger partial charge in [-0.05, 0) is 44.6 Å². The van der Waals surface area contributed by atoms with Gasteiger partial charge in [0.15, 0.2) is 0 Å². The van der Waals surface area contributed by atoms with Gasteiger partial charge in [-0.25, -0.2) is 0 Å². The lowest BCUT2D eigenvalue weighted by atomic mass is 9.86. The molecule has 0 amide bonds. The van der Waals surface area contributed by atoms with Crippen molar-refractivity contribution >= 4 is 5.97 Å². The van der Waals surface area contributed by atoms with E-state index in [2.05, 4.69) is 13.0 Å². The summed E-state index contributed by atoms with van der Waals surface area (Å²) in [7, 11) is 0. The Morgan fingerprint density at radius 2 is 2.29 bits per heavy atom. The smallest absolute Gasteiger partial charge is 0.307 e. The van der Waals surface area contributed by atoms with E-state index in [1.54, 1.807) is 6.26 Å². The molecule has 0 fully saturated rings. The molecule has 0 heterocycles. The van der Waals surface area contributed by atoms with Crippen LogP contribution >= 0.6 is 0 Å². The van der Waals surface area contributed by atoms with Crippen LogP contribution < -0.4 is 0 Å². The minimum absolute atomic E-state index is 0.244. The molecule has 0 spiro atoms. The third-order valence-corrected chi connectivity index (χ3v) is 2.69. The molecule has 0 N–H and O–H groups in total. The van der Waals surface area contributed by atoms with Gasteiger partial charge in [-0.3, -0.25) is 4.79 Å². The Balaban J connectivity index is 2.49. The topological polar surface area (TPSA) is 26.3 Å². The Morgan fingerprint density at radius 1 is 1.57 bits per heavy atom. The predicted octanol–water partition coefficient (Wildman–Crippen LogP) is 3.20. The second kappa shape index (κ2) is 4.99. The van der Waals surface area contributed by atoms with Gasteiger partial charge in [0, 0.05) is 6.92 Å². The predicted molar refractivity (Wildman–Crippen MR) is 56.6 cm³/mol. The van der Waals surface area contributed by atoms with E-state index in [4.69, 9.17) is 4.74 Å².